The fourth-order valence-corrected chi connectivity index (χ4v) is 2.07. The van der Waals surface area contributed by atoms with Crippen molar-refractivity contribution in [3.05, 3.63) is 28.2 Å². The fourth-order valence-electron chi connectivity index (χ4n) is 1.62. The van der Waals surface area contributed by atoms with Gasteiger partial charge in [-0.25, -0.2) is 0 Å². The molecule has 102 valence electrons. The van der Waals surface area contributed by atoms with Gasteiger partial charge in [0.25, 0.3) is 0 Å². The largest absolute Gasteiger partial charge is 0.454 e. The monoisotopic (exact) mass is 325 g/mol. The van der Waals surface area contributed by atoms with Gasteiger partial charge >= 0.3 is 0 Å². The average molecular weight is 326 g/mol. The number of amides is 1. The third-order valence-corrected chi connectivity index (χ3v) is 3.59. The summed E-state index contributed by atoms with van der Waals surface area (Å²) < 4.78 is 11.4. The maximum Gasteiger partial charge on any atom is 0.244 e. The first-order chi connectivity index (χ1) is 9.10. The van der Waals surface area contributed by atoms with Gasteiger partial charge < -0.3 is 14.8 Å². The number of carbonyl (C=O) groups is 1. The molecule has 0 bridgehead atoms. The van der Waals surface area contributed by atoms with Crippen molar-refractivity contribution in [1.29, 1.82) is 0 Å². The van der Waals surface area contributed by atoms with Gasteiger partial charge in [-0.1, -0.05) is 22.9 Å². The molecule has 1 aliphatic heterocycles. The molecule has 1 aromatic rings. The van der Waals surface area contributed by atoms with Crippen LogP contribution in [0.15, 0.2) is 22.7 Å². The normalized spacial score (nSPS) is 14.7. The molecule has 4 nitrogen and oxygen atoms in total. The number of halogens is 1. The predicted molar refractivity (Wildman–Crippen MR) is 77.2 cm³/mol. The van der Waals surface area contributed by atoms with E-state index in [1.807, 2.05) is 26.0 Å². The van der Waals surface area contributed by atoms with Crippen LogP contribution in [-0.2, 0) is 4.79 Å². The zero-order chi connectivity index (χ0) is 13.8. The van der Waals surface area contributed by atoms with Gasteiger partial charge in [0.15, 0.2) is 11.5 Å². The summed E-state index contributed by atoms with van der Waals surface area (Å²) >= 11 is 3.45. The Labute approximate surface area is 120 Å². The number of ether oxygens (including phenoxy) is 2. The Bertz CT molecular complexity index is 514. The van der Waals surface area contributed by atoms with Crippen LogP contribution in [0.5, 0.6) is 11.5 Å². The smallest absolute Gasteiger partial charge is 0.244 e. The van der Waals surface area contributed by atoms with E-state index in [9.17, 15) is 4.79 Å². The van der Waals surface area contributed by atoms with E-state index in [-0.39, 0.29) is 18.7 Å². The molecule has 0 saturated carbocycles. The second-order valence-electron chi connectivity index (χ2n) is 4.38. The minimum absolute atomic E-state index is 0.0982. The molecule has 1 amide bonds. The van der Waals surface area contributed by atoms with Crippen LogP contribution in [0.25, 0.3) is 6.08 Å². The molecule has 1 heterocycles. The molecule has 1 N–H and O–H groups in total. The zero-order valence-corrected chi connectivity index (χ0v) is 12.5. The van der Waals surface area contributed by atoms with Crippen molar-refractivity contribution in [3.63, 3.8) is 0 Å². The summed E-state index contributed by atoms with van der Waals surface area (Å²) in [6.45, 7) is 4.24. The van der Waals surface area contributed by atoms with Crippen LogP contribution >= 0.6 is 15.9 Å². The number of hydrogen-bond acceptors (Lipinski definition) is 3. The number of fused-ring (bicyclic) bond motifs is 1. The lowest BCUT2D eigenvalue weighted by Crippen LogP contribution is -2.30. The van der Waals surface area contributed by atoms with Gasteiger partial charge in [0.2, 0.25) is 12.7 Å². The first kappa shape index (κ1) is 13.9. The average Bonchev–Trinajstić information content (AvgIpc) is 2.82. The van der Waals surface area contributed by atoms with Gasteiger partial charge in [0.1, 0.15) is 0 Å². The van der Waals surface area contributed by atoms with E-state index in [4.69, 9.17) is 9.47 Å². The maximum atomic E-state index is 11.7. The molecule has 0 spiro atoms. The summed E-state index contributed by atoms with van der Waals surface area (Å²) in [4.78, 5) is 11.7. The first-order valence-electron chi connectivity index (χ1n) is 6.18. The minimum Gasteiger partial charge on any atom is -0.454 e. The number of hydrogen-bond donors (Lipinski definition) is 1. The highest BCUT2D eigenvalue weighted by Crippen LogP contribution is 2.37. The molecule has 1 aliphatic rings. The Kier molecular flexibility index (Phi) is 4.47. The summed E-state index contributed by atoms with van der Waals surface area (Å²) in [6, 6.07) is 3.87. The summed E-state index contributed by atoms with van der Waals surface area (Å²) in [5.41, 5.74) is 0.878. The quantitative estimate of drug-likeness (QED) is 0.865. The highest BCUT2D eigenvalue weighted by molar-refractivity contribution is 9.10. The van der Waals surface area contributed by atoms with Crippen LogP contribution in [0, 0.1) is 0 Å². The molecular formula is C14H16BrNO3. The molecule has 2 rings (SSSR count). The van der Waals surface area contributed by atoms with Crippen molar-refractivity contribution in [3.8, 4) is 11.5 Å². The SMILES string of the molecule is CCC(C)NC(=O)/C=C/c1cc2c(cc1Br)OCO2. The van der Waals surface area contributed by atoms with Crippen molar-refractivity contribution in [2.45, 2.75) is 26.3 Å². The van der Waals surface area contributed by atoms with Crippen LogP contribution in [0.3, 0.4) is 0 Å². The standard InChI is InChI=1S/C14H16BrNO3/c1-3-9(2)16-14(17)5-4-10-6-12-13(7-11(10)15)19-8-18-12/h4-7,9H,3,8H2,1-2H3,(H,16,17)/b5-4+. The van der Waals surface area contributed by atoms with Crippen LogP contribution in [0.4, 0.5) is 0 Å². The Hall–Kier alpha value is -1.49. The maximum absolute atomic E-state index is 11.7. The Morgan fingerprint density at radius 2 is 2.16 bits per heavy atom. The Balaban J connectivity index is 2.09. The molecule has 19 heavy (non-hydrogen) atoms. The van der Waals surface area contributed by atoms with Crippen molar-refractivity contribution in [2.24, 2.45) is 0 Å². The lowest BCUT2D eigenvalue weighted by Gasteiger charge is -2.08. The molecule has 0 radical (unpaired) electrons. The second-order valence-corrected chi connectivity index (χ2v) is 5.23. The predicted octanol–water partition coefficient (Wildman–Crippen LogP) is 3.11. The van der Waals surface area contributed by atoms with E-state index in [0.717, 1.165) is 16.5 Å². The zero-order valence-electron chi connectivity index (χ0n) is 10.9. The number of carbonyl (C=O) groups excluding carboxylic acids is 1. The van der Waals surface area contributed by atoms with Gasteiger partial charge in [-0.05, 0) is 37.1 Å². The van der Waals surface area contributed by atoms with E-state index in [0.29, 0.717) is 11.5 Å². The highest BCUT2D eigenvalue weighted by Gasteiger charge is 2.15. The topological polar surface area (TPSA) is 47.6 Å². The molecule has 0 aromatic heterocycles. The van der Waals surface area contributed by atoms with Crippen LogP contribution < -0.4 is 14.8 Å². The number of nitrogens with one attached hydrogen (secondary N) is 1. The van der Waals surface area contributed by atoms with Crippen LogP contribution in [-0.4, -0.2) is 18.7 Å². The number of benzene rings is 1. The summed E-state index contributed by atoms with van der Waals surface area (Å²) in [7, 11) is 0. The van der Waals surface area contributed by atoms with Gasteiger partial charge in [0.05, 0.1) is 0 Å². The number of rotatable bonds is 4. The van der Waals surface area contributed by atoms with Crippen molar-refractivity contribution in [2.75, 3.05) is 6.79 Å². The lowest BCUT2D eigenvalue weighted by atomic mass is 10.2. The molecule has 0 fully saturated rings. The van der Waals surface area contributed by atoms with E-state index in [1.54, 1.807) is 6.08 Å². The van der Waals surface area contributed by atoms with E-state index < -0.39 is 0 Å². The summed E-state index contributed by atoms with van der Waals surface area (Å²) in [5, 5.41) is 2.87. The molecular weight excluding hydrogens is 310 g/mol. The highest BCUT2D eigenvalue weighted by atomic mass is 79.9. The lowest BCUT2D eigenvalue weighted by molar-refractivity contribution is -0.117. The van der Waals surface area contributed by atoms with Crippen molar-refractivity contribution in [1.82, 2.24) is 5.32 Å². The van der Waals surface area contributed by atoms with Gasteiger partial charge in [-0.15, -0.1) is 0 Å². The summed E-state index contributed by atoms with van der Waals surface area (Å²) in [6.07, 6.45) is 4.19. The van der Waals surface area contributed by atoms with E-state index in [1.165, 1.54) is 6.08 Å². The third kappa shape index (κ3) is 3.50. The van der Waals surface area contributed by atoms with Crippen molar-refractivity contribution >= 4 is 27.9 Å². The molecule has 0 saturated heterocycles. The molecule has 0 aliphatic carbocycles. The molecule has 1 atom stereocenters. The van der Waals surface area contributed by atoms with Gasteiger partial charge in [-0.2, -0.15) is 0 Å². The van der Waals surface area contributed by atoms with Crippen molar-refractivity contribution < 1.29 is 14.3 Å². The Morgan fingerprint density at radius 3 is 2.84 bits per heavy atom. The molecule has 1 aromatic carbocycles. The van der Waals surface area contributed by atoms with Crippen LogP contribution in [0.2, 0.25) is 0 Å². The second kappa shape index (κ2) is 6.10. The minimum atomic E-state index is -0.0982. The molecule has 5 heteroatoms. The van der Waals surface area contributed by atoms with E-state index in [2.05, 4.69) is 21.2 Å². The third-order valence-electron chi connectivity index (χ3n) is 2.91. The van der Waals surface area contributed by atoms with Crippen LogP contribution in [0.1, 0.15) is 25.8 Å². The summed E-state index contributed by atoms with van der Waals surface area (Å²) in [5.74, 6) is 1.32. The van der Waals surface area contributed by atoms with Gasteiger partial charge in [-0.3, -0.25) is 4.79 Å². The van der Waals surface area contributed by atoms with Gasteiger partial charge in [0, 0.05) is 16.6 Å². The fraction of sp³-hybridized carbons (Fsp3) is 0.357. The Morgan fingerprint density at radius 1 is 1.47 bits per heavy atom. The molecule has 1 unspecified atom stereocenters. The first-order valence-corrected chi connectivity index (χ1v) is 6.97. The van der Waals surface area contributed by atoms with E-state index >= 15 is 0 Å².